The van der Waals surface area contributed by atoms with Crippen molar-refractivity contribution in [2.75, 3.05) is 11.9 Å². The van der Waals surface area contributed by atoms with Crippen LogP contribution in [0.4, 0.5) is 10.5 Å². The van der Waals surface area contributed by atoms with E-state index in [0.29, 0.717) is 0 Å². The van der Waals surface area contributed by atoms with Crippen LogP contribution in [0.5, 0.6) is 0 Å². The molecule has 0 aliphatic carbocycles. The molecule has 0 aliphatic rings. The standard InChI is InChI=1S/C12H19N3O/c1-7-6-8(2)10(4)11(9(7)3)15(5)12(16)14-13/h6H,13H2,1-5H3,(H,14,16). The SMILES string of the molecule is Cc1cc(C)c(C)c(N(C)C(=O)NN)c1C. The number of aryl methyl sites for hydroxylation is 2. The molecule has 0 radical (unpaired) electrons. The Bertz CT molecular complexity index is 401. The molecule has 0 saturated heterocycles. The van der Waals surface area contributed by atoms with Gasteiger partial charge in [-0.25, -0.2) is 10.6 Å². The third-order valence-electron chi connectivity index (χ3n) is 3.09. The summed E-state index contributed by atoms with van der Waals surface area (Å²) in [5.74, 6) is 5.15. The summed E-state index contributed by atoms with van der Waals surface area (Å²) in [5, 5.41) is 0. The quantitative estimate of drug-likeness (QED) is 0.432. The third-order valence-corrected chi connectivity index (χ3v) is 3.09. The molecular formula is C12H19N3O. The fourth-order valence-corrected chi connectivity index (χ4v) is 1.90. The van der Waals surface area contributed by atoms with E-state index in [9.17, 15) is 4.79 Å². The highest BCUT2D eigenvalue weighted by atomic mass is 16.2. The topological polar surface area (TPSA) is 58.4 Å². The lowest BCUT2D eigenvalue weighted by Crippen LogP contribution is -2.42. The van der Waals surface area contributed by atoms with Gasteiger partial charge in [-0.05, 0) is 49.9 Å². The van der Waals surface area contributed by atoms with Gasteiger partial charge in [0.2, 0.25) is 0 Å². The third kappa shape index (κ3) is 2.02. The van der Waals surface area contributed by atoms with Gasteiger partial charge in [-0.15, -0.1) is 0 Å². The first-order valence-corrected chi connectivity index (χ1v) is 5.21. The lowest BCUT2D eigenvalue weighted by Gasteiger charge is -2.23. The maximum Gasteiger partial charge on any atom is 0.335 e. The molecule has 1 rings (SSSR count). The van der Waals surface area contributed by atoms with Crippen molar-refractivity contribution in [1.29, 1.82) is 0 Å². The molecule has 0 aromatic heterocycles. The molecule has 0 spiro atoms. The van der Waals surface area contributed by atoms with E-state index in [1.54, 1.807) is 11.9 Å². The first kappa shape index (κ1) is 12.5. The molecule has 0 unspecified atom stereocenters. The number of urea groups is 1. The Kier molecular flexibility index (Phi) is 3.55. The van der Waals surface area contributed by atoms with Crippen molar-refractivity contribution in [3.63, 3.8) is 0 Å². The van der Waals surface area contributed by atoms with E-state index in [1.165, 1.54) is 11.1 Å². The Hall–Kier alpha value is -1.55. The average Bonchev–Trinajstić information content (AvgIpc) is 2.25. The zero-order valence-electron chi connectivity index (χ0n) is 10.5. The first-order valence-electron chi connectivity index (χ1n) is 5.21. The molecule has 2 amide bonds. The molecule has 88 valence electrons. The highest BCUT2D eigenvalue weighted by molar-refractivity contribution is 5.93. The maximum absolute atomic E-state index is 11.5. The summed E-state index contributed by atoms with van der Waals surface area (Å²) in [7, 11) is 1.72. The highest BCUT2D eigenvalue weighted by Crippen LogP contribution is 2.29. The summed E-state index contributed by atoms with van der Waals surface area (Å²) in [5.41, 5.74) is 7.64. The molecule has 4 heteroatoms. The summed E-state index contributed by atoms with van der Waals surface area (Å²) in [6.07, 6.45) is 0. The average molecular weight is 221 g/mol. The molecule has 0 bridgehead atoms. The number of nitrogens with zero attached hydrogens (tertiary/aromatic N) is 1. The van der Waals surface area contributed by atoms with Crippen LogP contribution in [-0.2, 0) is 0 Å². The lowest BCUT2D eigenvalue weighted by atomic mass is 9.98. The Balaban J connectivity index is 3.37. The van der Waals surface area contributed by atoms with Crippen LogP contribution in [0.15, 0.2) is 6.07 Å². The number of hydrazine groups is 1. The van der Waals surface area contributed by atoms with E-state index in [2.05, 4.69) is 11.5 Å². The van der Waals surface area contributed by atoms with Gasteiger partial charge >= 0.3 is 6.03 Å². The smallest absolute Gasteiger partial charge is 0.296 e. The zero-order valence-corrected chi connectivity index (χ0v) is 10.5. The van der Waals surface area contributed by atoms with E-state index >= 15 is 0 Å². The van der Waals surface area contributed by atoms with Crippen LogP contribution in [-0.4, -0.2) is 13.1 Å². The zero-order chi connectivity index (χ0) is 12.5. The summed E-state index contributed by atoms with van der Waals surface area (Å²) in [4.78, 5) is 13.1. The van der Waals surface area contributed by atoms with Gasteiger partial charge in [0.15, 0.2) is 0 Å². The van der Waals surface area contributed by atoms with Crippen molar-refractivity contribution in [2.24, 2.45) is 5.84 Å². The minimum Gasteiger partial charge on any atom is -0.296 e. The molecule has 0 aliphatic heterocycles. The first-order chi connectivity index (χ1) is 7.40. The van der Waals surface area contributed by atoms with Crippen LogP contribution in [0.25, 0.3) is 0 Å². The van der Waals surface area contributed by atoms with Crippen LogP contribution in [0.2, 0.25) is 0 Å². The van der Waals surface area contributed by atoms with Crippen LogP contribution in [0.3, 0.4) is 0 Å². The van der Waals surface area contributed by atoms with Crippen molar-refractivity contribution in [2.45, 2.75) is 27.7 Å². The minimum absolute atomic E-state index is 0.309. The normalized spacial score (nSPS) is 10.1. The van der Waals surface area contributed by atoms with Gasteiger partial charge in [0.25, 0.3) is 0 Å². The van der Waals surface area contributed by atoms with Crippen molar-refractivity contribution in [3.05, 3.63) is 28.3 Å². The largest absolute Gasteiger partial charge is 0.335 e. The number of benzene rings is 1. The van der Waals surface area contributed by atoms with Crippen LogP contribution in [0.1, 0.15) is 22.3 Å². The Morgan fingerprint density at radius 1 is 1.19 bits per heavy atom. The number of amides is 2. The second-order valence-corrected chi connectivity index (χ2v) is 4.12. The van der Waals surface area contributed by atoms with E-state index < -0.39 is 0 Å². The monoisotopic (exact) mass is 221 g/mol. The summed E-state index contributed by atoms with van der Waals surface area (Å²) in [6, 6.07) is 1.82. The molecule has 0 atom stereocenters. The molecule has 16 heavy (non-hydrogen) atoms. The number of rotatable bonds is 1. The van der Waals surface area contributed by atoms with Gasteiger partial charge in [-0.3, -0.25) is 10.3 Å². The molecule has 1 aromatic rings. The van der Waals surface area contributed by atoms with Gasteiger partial charge in [0.1, 0.15) is 0 Å². The van der Waals surface area contributed by atoms with Gasteiger partial charge in [-0.1, -0.05) is 6.07 Å². The number of nitrogens with one attached hydrogen (secondary N) is 1. The van der Waals surface area contributed by atoms with Crippen LogP contribution in [0, 0.1) is 27.7 Å². The Labute approximate surface area is 96.4 Å². The fraction of sp³-hybridized carbons (Fsp3) is 0.417. The van der Waals surface area contributed by atoms with Crippen molar-refractivity contribution in [1.82, 2.24) is 5.43 Å². The second kappa shape index (κ2) is 4.53. The highest BCUT2D eigenvalue weighted by Gasteiger charge is 2.16. The number of hydrogen-bond acceptors (Lipinski definition) is 2. The van der Waals surface area contributed by atoms with Crippen molar-refractivity contribution < 1.29 is 4.79 Å². The summed E-state index contributed by atoms with van der Waals surface area (Å²) >= 11 is 0. The Morgan fingerprint density at radius 2 is 1.62 bits per heavy atom. The van der Waals surface area contributed by atoms with Gasteiger partial charge in [0, 0.05) is 7.05 Å². The molecule has 0 saturated carbocycles. The molecule has 0 heterocycles. The predicted molar refractivity (Wildman–Crippen MR) is 66.5 cm³/mol. The molecule has 3 N–H and O–H groups in total. The molecule has 4 nitrogen and oxygen atoms in total. The van der Waals surface area contributed by atoms with E-state index in [0.717, 1.165) is 16.8 Å². The Morgan fingerprint density at radius 3 is 2.00 bits per heavy atom. The molecule has 0 fully saturated rings. The van der Waals surface area contributed by atoms with Crippen molar-refractivity contribution >= 4 is 11.7 Å². The van der Waals surface area contributed by atoms with Gasteiger partial charge in [-0.2, -0.15) is 0 Å². The maximum atomic E-state index is 11.5. The van der Waals surface area contributed by atoms with Crippen LogP contribution >= 0.6 is 0 Å². The number of hydrogen-bond donors (Lipinski definition) is 2. The number of carbonyl (C=O) groups is 1. The lowest BCUT2D eigenvalue weighted by molar-refractivity contribution is 0.247. The second-order valence-electron chi connectivity index (χ2n) is 4.12. The fourth-order valence-electron chi connectivity index (χ4n) is 1.90. The van der Waals surface area contributed by atoms with E-state index in [-0.39, 0.29) is 6.03 Å². The summed E-state index contributed by atoms with van der Waals surface area (Å²) in [6.45, 7) is 8.10. The minimum atomic E-state index is -0.309. The number of carbonyl (C=O) groups excluding carboxylic acids is 1. The van der Waals surface area contributed by atoms with E-state index in [1.807, 2.05) is 27.7 Å². The molecular weight excluding hydrogens is 202 g/mol. The van der Waals surface area contributed by atoms with Gasteiger partial charge < -0.3 is 0 Å². The van der Waals surface area contributed by atoms with Crippen LogP contribution < -0.4 is 16.2 Å². The number of nitrogens with two attached hydrogens (primary N) is 1. The summed E-state index contributed by atoms with van der Waals surface area (Å²) < 4.78 is 0. The van der Waals surface area contributed by atoms with E-state index in [4.69, 9.17) is 5.84 Å². The predicted octanol–water partition coefficient (Wildman–Crippen LogP) is 1.94. The number of anilines is 1. The van der Waals surface area contributed by atoms with Gasteiger partial charge in [0.05, 0.1) is 5.69 Å². The van der Waals surface area contributed by atoms with Crippen molar-refractivity contribution in [3.8, 4) is 0 Å². The molecule has 1 aromatic carbocycles.